The first-order valence-corrected chi connectivity index (χ1v) is 10.5. The number of aromatic nitrogens is 5. The van der Waals surface area contributed by atoms with Gasteiger partial charge in [0.2, 0.25) is 0 Å². The number of fused-ring (bicyclic) bond motifs is 1. The quantitative estimate of drug-likeness (QED) is 0.295. The molecule has 0 aliphatic carbocycles. The van der Waals surface area contributed by atoms with Gasteiger partial charge in [0.25, 0.3) is 0 Å². The van der Waals surface area contributed by atoms with Gasteiger partial charge in [0.1, 0.15) is 29.4 Å². The van der Waals surface area contributed by atoms with Crippen molar-refractivity contribution in [1.29, 1.82) is 0 Å². The van der Waals surface area contributed by atoms with Crippen LogP contribution in [0, 0.1) is 11.6 Å². The van der Waals surface area contributed by atoms with E-state index in [1.165, 1.54) is 18.3 Å². The molecule has 3 aromatic rings. The van der Waals surface area contributed by atoms with Gasteiger partial charge in [0.15, 0.2) is 23.2 Å². The van der Waals surface area contributed by atoms with Gasteiger partial charge in [-0.1, -0.05) is 11.2 Å². The minimum atomic E-state index is -0.993. The lowest BCUT2D eigenvalue weighted by Gasteiger charge is -2.04. The largest absolute Gasteiger partial charge is 0.493 e. The van der Waals surface area contributed by atoms with Gasteiger partial charge in [0, 0.05) is 18.1 Å². The fourth-order valence-corrected chi connectivity index (χ4v) is 3.39. The second kappa shape index (κ2) is 9.34. The van der Waals surface area contributed by atoms with E-state index in [0.717, 1.165) is 11.6 Å². The summed E-state index contributed by atoms with van der Waals surface area (Å²) in [6.07, 6.45) is 3.50. The normalized spacial score (nSPS) is 11.3. The molecule has 0 unspecified atom stereocenters. The first kappa shape index (κ1) is 21.6. The maximum atomic E-state index is 14.1. The fraction of sp³-hybridized carbons (Fsp3) is 0.167. The molecule has 0 spiro atoms. The van der Waals surface area contributed by atoms with Crippen LogP contribution in [0.1, 0.15) is 12.2 Å². The predicted octanol–water partition coefficient (Wildman–Crippen LogP) is 5.16. The minimum Gasteiger partial charge on any atom is -0.493 e. The van der Waals surface area contributed by atoms with E-state index < -0.39 is 18.3 Å². The van der Waals surface area contributed by atoms with Crippen LogP contribution in [0.2, 0.25) is 0 Å². The number of benzene rings is 2. The summed E-state index contributed by atoms with van der Waals surface area (Å²) in [6, 6.07) is 12.9. The molecule has 34 heavy (non-hydrogen) atoms. The molecular formula is C24H18F3N5O2. The van der Waals surface area contributed by atoms with Crippen LogP contribution in [0.3, 0.4) is 0 Å². The molecule has 7 nitrogen and oxygen atoms in total. The van der Waals surface area contributed by atoms with Gasteiger partial charge in [-0.3, -0.25) is 9.07 Å². The number of hydrogen-bond donors (Lipinski definition) is 0. The van der Waals surface area contributed by atoms with Gasteiger partial charge in [0.05, 0.1) is 31.2 Å². The molecular weight excluding hydrogens is 447 g/mol. The van der Waals surface area contributed by atoms with Gasteiger partial charge in [-0.25, -0.2) is 18.7 Å². The number of nitrogens with zero attached hydrogens (tertiary/aromatic N) is 5. The van der Waals surface area contributed by atoms with Gasteiger partial charge < -0.3 is 9.26 Å². The minimum absolute atomic E-state index is 0.0125. The summed E-state index contributed by atoms with van der Waals surface area (Å²) in [4.78, 5) is 8.57. The Morgan fingerprint density at radius 3 is 2.62 bits per heavy atom. The van der Waals surface area contributed by atoms with Crippen LogP contribution < -0.4 is 4.74 Å². The second-order valence-corrected chi connectivity index (χ2v) is 7.48. The number of ether oxygens (including phenoxy) is 1. The predicted molar refractivity (Wildman–Crippen MR) is 117 cm³/mol. The Bertz CT molecular complexity index is 1380. The molecule has 0 atom stereocenters. The van der Waals surface area contributed by atoms with Crippen molar-refractivity contribution < 1.29 is 22.4 Å². The van der Waals surface area contributed by atoms with E-state index in [9.17, 15) is 13.2 Å². The summed E-state index contributed by atoms with van der Waals surface area (Å²) in [5.74, 6) is -0.647. The number of halogens is 3. The van der Waals surface area contributed by atoms with E-state index in [1.807, 2.05) is 12.1 Å². The molecule has 0 amide bonds. The topological polar surface area (TPSA) is 78.9 Å². The Morgan fingerprint density at radius 2 is 1.79 bits per heavy atom. The van der Waals surface area contributed by atoms with E-state index in [-0.39, 0.29) is 17.9 Å². The molecule has 2 aromatic carbocycles. The molecule has 172 valence electrons. The zero-order chi connectivity index (χ0) is 23.5. The van der Waals surface area contributed by atoms with Gasteiger partial charge in [-0.15, -0.1) is 0 Å². The Morgan fingerprint density at radius 1 is 0.971 bits per heavy atom. The molecule has 2 aliphatic heterocycles. The number of rotatable bonds is 8. The molecule has 3 heterocycles. The third-order valence-electron chi connectivity index (χ3n) is 5.08. The fourth-order valence-electron chi connectivity index (χ4n) is 3.39. The van der Waals surface area contributed by atoms with E-state index in [0.29, 0.717) is 41.6 Å². The molecule has 0 saturated carbocycles. The molecule has 0 N–H and O–H groups in total. The summed E-state index contributed by atoms with van der Waals surface area (Å²) in [7, 11) is 0. The van der Waals surface area contributed by atoms with Crippen molar-refractivity contribution >= 4 is 0 Å². The lowest BCUT2D eigenvalue weighted by molar-refractivity contribution is 0.289. The van der Waals surface area contributed by atoms with Crippen molar-refractivity contribution in [3.05, 3.63) is 78.3 Å². The Kier molecular flexibility index (Phi) is 5.94. The van der Waals surface area contributed by atoms with Crippen LogP contribution in [-0.2, 0) is 6.54 Å². The SMILES string of the molecule is FCCCOc1ccc(-c2cc(Cn3cc4nc(-c5cccc(F)c5F)nc-4cn3)on2)cc1. The molecule has 2 aliphatic rings. The van der Waals surface area contributed by atoms with Crippen LogP contribution in [0.4, 0.5) is 13.2 Å². The van der Waals surface area contributed by atoms with Crippen molar-refractivity contribution in [2.75, 3.05) is 13.3 Å². The average molecular weight is 465 g/mol. The van der Waals surface area contributed by atoms with Crippen molar-refractivity contribution in [2.45, 2.75) is 13.0 Å². The van der Waals surface area contributed by atoms with Crippen molar-refractivity contribution in [3.8, 4) is 39.8 Å². The summed E-state index contributed by atoms with van der Waals surface area (Å²) in [6.45, 7) is 0.194. The van der Waals surface area contributed by atoms with Crippen molar-refractivity contribution in [3.63, 3.8) is 0 Å². The lowest BCUT2D eigenvalue weighted by Crippen LogP contribution is -2.04. The Hall–Kier alpha value is -4.21. The Balaban J connectivity index is 1.31. The first-order valence-electron chi connectivity index (χ1n) is 10.5. The smallest absolute Gasteiger partial charge is 0.169 e. The molecule has 0 fully saturated rings. The highest BCUT2D eigenvalue weighted by Crippen LogP contribution is 2.27. The second-order valence-electron chi connectivity index (χ2n) is 7.48. The van der Waals surface area contributed by atoms with Crippen LogP contribution in [0.15, 0.2) is 65.4 Å². The maximum Gasteiger partial charge on any atom is 0.169 e. The molecule has 5 rings (SSSR count). The van der Waals surface area contributed by atoms with Crippen molar-refractivity contribution in [2.24, 2.45) is 0 Å². The molecule has 10 heteroatoms. The highest BCUT2D eigenvalue weighted by molar-refractivity contribution is 5.65. The van der Waals surface area contributed by atoms with Crippen LogP contribution in [0.5, 0.6) is 5.75 Å². The zero-order valence-corrected chi connectivity index (χ0v) is 17.8. The molecule has 1 aromatic heterocycles. The van der Waals surface area contributed by atoms with Crippen LogP contribution in [0.25, 0.3) is 34.0 Å². The number of alkyl halides is 1. The van der Waals surface area contributed by atoms with E-state index in [2.05, 4.69) is 20.2 Å². The van der Waals surface area contributed by atoms with Gasteiger partial charge in [-0.05, 0) is 36.4 Å². The van der Waals surface area contributed by atoms with Crippen LogP contribution >= 0.6 is 0 Å². The summed E-state index contributed by atoms with van der Waals surface area (Å²) in [5.41, 5.74) is 2.41. The monoisotopic (exact) mass is 465 g/mol. The highest BCUT2D eigenvalue weighted by Gasteiger charge is 2.18. The number of hydrogen-bond acceptors (Lipinski definition) is 6. The lowest BCUT2D eigenvalue weighted by atomic mass is 10.1. The molecule has 0 saturated heterocycles. The summed E-state index contributed by atoms with van der Waals surface area (Å²) < 4.78 is 52.3. The maximum absolute atomic E-state index is 14.1. The third kappa shape index (κ3) is 4.47. The molecule has 0 bridgehead atoms. The van der Waals surface area contributed by atoms with Gasteiger partial charge in [-0.2, -0.15) is 5.10 Å². The van der Waals surface area contributed by atoms with Crippen molar-refractivity contribution in [1.82, 2.24) is 24.9 Å². The van der Waals surface area contributed by atoms with E-state index in [1.54, 1.807) is 29.1 Å². The zero-order valence-electron chi connectivity index (χ0n) is 17.8. The standard InChI is InChI=1S/C24H18F3N5O2/c25-9-2-10-33-16-7-5-15(6-8-16)20-11-17(34-31-20)13-32-14-22-21(12-28-32)29-24(30-22)18-3-1-4-19(26)23(18)27/h1,3-8,11-12,14H,2,9-10,13H2. The van der Waals surface area contributed by atoms with Crippen LogP contribution in [-0.4, -0.2) is 38.2 Å². The van der Waals surface area contributed by atoms with E-state index in [4.69, 9.17) is 9.26 Å². The molecule has 0 radical (unpaired) electrons. The summed E-state index contributed by atoms with van der Waals surface area (Å²) in [5, 5.41) is 8.39. The Labute approximate surface area is 192 Å². The highest BCUT2D eigenvalue weighted by atomic mass is 19.2. The first-order chi connectivity index (χ1) is 16.6. The van der Waals surface area contributed by atoms with Gasteiger partial charge >= 0.3 is 0 Å². The third-order valence-corrected chi connectivity index (χ3v) is 5.08. The van der Waals surface area contributed by atoms with E-state index >= 15 is 0 Å². The number of imidazole rings is 1. The average Bonchev–Trinajstić information content (AvgIpc) is 3.48. The summed E-state index contributed by atoms with van der Waals surface area (Å²) >= 11 is 0.